The Morgan fingerprint density at radius 2 is 1.57 bits per heavy atom. The van der Waals surface area contributed by atoms with Crippen LogP contribution in [0.2, 0.25) is 0 Å². The van der Waals surface area contributed by atoms with Crippen molar-refractivity contribution in [3.63, 3.8) is 0 Å². The molecule has 0 amide bonds. The molecule has 0 aliphatic rings. The summed E-state index contributed by atoms with van der Waals surface area (Å²) in [6.07, 6.45) is 0.792. The highest BCUT2D eigenvalue weighted by molar-refractivity contribution is 5.86. The van der Waals surface area contributed by atoms with Crippen molar-refractivity contribution in [3.8, 4) is 0 Å². The number of carboxylic acid groups (broad SMARTS) is 2. The van der Waals surface area contributed by atoms with Gasteiger partial charge in [0.1, 0.15) is 0 Å². The quantitative estimate of drug-likeness (QED) is 0.188. The van der Waals surface area contributed by atoms with Crippen molar-refractivity contribution in [2.45, 2.75) is 0 Å². The van der Waals surface area contributed by atoms with Crippen LogP contribution in [0.5, 0.6) is 0 Å². The number of nitrogens with zero attached hydrogens (tertiary/aromatic N) is 1. The Bertz CT molecular complexity index is 324. The van der Waals surface area contributed by atoms with Crippen LogP contribution >= 0.6 is 0 Å². The fourth-order valence-corrected chi connectivity index (χ4v) is 0.439. The summed E-state index contributed by atoms with van der Waals surface area (Å²) in [4.78, 5) is 28.9. The zero-order chi connectivity index (χ0) is 11.3. The molecule has 0 aliphatic heterocycles. The van der Waals surface area contributed by atoms with Gasteiger partial charge >= 0.3 is 17.6 Å². The Hall–Kier alpha value is -2.38. The van der Waals surface area contributed by atoms with E-state index in [4.69, 9.17) is 15.3 Å². The van der Waals surface area contributed by atoms with Crippen LogP contribution in [0.3, 0.4) is 0 Å². The minimum absolute atomic E-state index is 0.381. The number of carbonyl (C=O) groups is 2. The first-order valence-corrected chi connectivity index (χ1v) is 3.08. The van der Waals surface area contributed by atoms with Gasteiger partial charge in [0, 0.05) is 6.08 Å². The maximum absolute atomic E-state index is 10.2. The lowest BCUT2D eigenvalue weighted by Gasteiger charge is -1.89. The molecule has 0 spiro atoms. The molecule has 0 heterocycles. The van der Waals surface area contributed by atoms with Gasteiger partial charge in [-0.2, -0.15) is 0 Å². The van der Waals surface area contributed by atoms with Crippen LogP contribution in [0.1, 0.15) is 0 Å². The van der Waals surface area contributed by atoms with Gasteiger partial charge in [0.05, 0.1) is 4.92 Å². The third-order valence-electron chi connectivity index (χ3n) is 1.03. The lowest BCUT2D eigenvalue weighted by molar-refractivity contribution is -0.420. The van der Waals surface area contributed by atoms with Crippen molar-refractivity contribution in [2.24, 2.45) is 0 Å². The number of aliphatic hydroxyl groups is 1. The topological polar surface area (TPSA) is 138 Å². The molecule has 0 fully saturated rings. The van der Waals surface area contributed by atoms with E-state index < -0.39 is 28.3 Å². The van der Waals surface area contributed by atoms with E-state index in [0.29, 0.717) is 12.2 Å². The molecule has 0 rings (SSSR count). The first kappa shape index (κ1) is 11.6. The average molecular weight is 203 g/mol. The Labute approximate surface area is 76.5 Å². The lowest BCUT2D eigenvalue weighted by Crippen LogP contribution is -2.10. The first-order valence-electron chi connectivity index (χ1n) is 3.08. The number of hydrogen-bond acceptors (Lipinski definition) is 5. The maximum Gasteiger partial charge on any atom is 0.407 e. The molecule has 0 aromatic heterocycles. The van der Waals surface area contributed by atoms with E-state index >= 15 is 0 Å². The van der Waals surface area contributed by atoms with Crippen molar-refractivity contribution in [1.29, 1.82) is 0 Å². The van der Waals surface area contributed by atoms with E-state index in [1.807, 2.05) is 0 Å². The number of rotatable bonds is 4. The predicted molar refractivity (Wildman–Crippen MR) is 41.1 cm³/mol. The minimum Gasteiger partial charge on any atom is -0.502 e. The molecule has 3 N–H and O–H groups in total. The van der Waals surface area contributed by atoms with Gasteiger partial charge in [-0.25, -0.2) is 9.59 Å². The van der Waals surface area contributed by atoms with E-state index in [-0.39, 0.29) is 0 Å². The third kappa shape index (κ3) is 3.34. The normalized spacial score (nSPS) is 12.3. The molecule has 0 aromatic carbocycles. The Morgan fingerprint density at radius 1 is 1.07 bits per heavy atom. The van der Waals surface area contributed by atoms with E-state index in [9.17, 15) is 19.7 Å². The SMILES string of the molecule is O=C(O)/C(O)=C/C=C(/C(=O)O)[N+](=O)[O-]. The molecule has 0 aliphatic carbocycles. The summed E-state index contributed by atoms with van der Waals surface area (Å²) in [7, 11) is 0. The van der Waals surface area contributed by atoms with Crippen LogP contribution < -0.4 is 0 Å². The monoisotopic (exact) mass is 203 g/mol. The molecule has 0 saturated carbocycles. The van der Waals surface area contributed by atoms with Gasteiger partial charge in [-0.3, -0.25) is 10.1 Å². The molecule has 0 aromatic rings. The molecule has 8 heteroatoms. The van der Waals surface area contributed by atoms with Crippen molar-refractivity contribution >= 4 is 11.9 Å². The number of aliphatic carboxylic acids is 2. The van der Waals surface area contributed by atoms with E-state index in [2.05, 4.69) is 0 Å². The highest BCUT2D eigenvalue weighted by Gasteiger charge is 2.19. The number of hydrogen-bond donors (Lipinski definition) is 3. The minimum atomic E-state index is -1.83. The number of aliphatic hydroxyl groups excluding tert-OH is 1. The Morgan fingerprint density at radius 3 is 1.86 bits per heavy atom. The van der Waals surface area contributed by atoms with E-state index in [1.165, 1.54) is 0 Å². The van der Waals surface area contributed by atoms with Gasteiger partial charge in [-0.1, -0.05) is 0 Å². The van der Waals surface area contributed by atoms with Crippen LogP contribution in [-0.2, 0) is 9.59 Å². The summed E-state index contributed by atoms with van der Waals surface area (Å²) < 4.78 is 0. The molecule has 76 valence electrons. The maximum atomic E-state index is 10.2. The van der Waals surface area contributed by atoms with Gasteiger partial charge < -0.3 is 15.3 Å². The zero-order valence-corrected chi connectivity index (χ0v) is 6.58. The molecular weight excluding hydrogens is 198 g/mol. The summed E-state index contributed by atoms with van der Waals surface area (Å²) in [6.45, 7) is 0. The largest absolute Gasteiger partial charge is 0.502 e. The summed E-state index contributed by atoms with van der Waals surface area (Å²) in [5.41, 5.74) is -1.24. The fourth-order valence-electron chi connectivity index (χ4n) is 0.439. The van der Waals surface area contributed by atoms with Gasteiger partial charge in [-0.05, 0) is 6.08 Å². The lowest BCUT2D eigenvalue weighted by atomic mass is 10.3. The van der Waals surface area contributed by atoms with E-state index in [1.54, 1.807) is 0 Å². The molecule has 0 bridgehead atoms. The molecule has 0 unspecified atom stereocenters. The van der Waals surface area contributed by atoms with Gasteiger partial charge in [0.2, 0.25) is 5.76 Å². The second-order valence-corrected chi connectivity index (χ2v) is 1.97. The number of nitro groups is 1. The second kappa shape index (κ2) is 4.60. The van der Waals surface area contributed by atoms with Crippen molar-refractivity contribution in [3.05, 3.63) is 33.7 Å². The average Bonchev–Trinajstić information content (AvgIpc) is 2.02. The molecule has 0 saturated heterocycles. The smallest absolute Gasteiger partial charge is 0.407 e. The van der Waals surface area contributed by atoms with Gasteiger partial charge in [0.15, 0.2) is 0 Å². The first-order chi connectivity index (χ1) is 6.36. The molecule has 14 heavy (non-hydrogen) atoms. The third-order valence-corrected chi connectivity index (χ3v) is 1.03. The second-order valence-electron chi connectivity index (χ2n) is 1.97. The molecule has 0 radical (unpaired) electrons. The number of carboxylic acids is 2. The predicted octanol–water partition coefficient (Wildman–Crippen LogP) is -0.242. The highest BCUT2D eigenvalue weighted by Crippen LogP contribution is 1.98. The summed E-state index contributed by atoms with van der Waals surface area (Å²) in [6, 6.07) is 0. The van der Waals surface area contributed by atoms with Gasteiger partial charge in [-0.15, -0.1) is 0 Å². The number of allylic oxidation sites excluding steroid dienone is 2. The molecule has 0 atom stereocenters. The van der Waals surface area contributed by atoms with Crippen LogP contribution in [0.4, 0.5) is 0 Å². The fraction of sp³-hybridized carbons (Fsp3) is 0. The van der Waals surface area contributed by atoms with Crippen molar-refractivity contribution < 1.29 is 29.8 Å². The van der Waals surface area contributed by atoms with Crippen LogP contribution in [0.15, 0.2) is 23.6 Å². The highest BCUT2D eigenvalue weighted by atomic mass is 16.6. The van der Waals surface area contributed by atoms with Crippen molar-refractivity contribution in [1.82, 2.24) is 0 Å². The standard InChI is InChI=1S/C6H5NO7/c8-4(6(11)12)2-1-3(5(9)10)7(13)14/h1-2,8H,(H,9,10)(H,11,12)/b3-1-,4-2-. The van der Waals surface area contributed by atoms with Crippen LogP contribution in [-0.4, -0.2) is 32.2 Å². The summed E-state index contributed by atoms with van der Waals surface area (Å²) in [5, 5.41) is 34.9. The van der Waals surface area contributed by atoms with Gasteiger partial charge in [0.25, 0.3) is 0 Å². The Kier molecular flexibility index (Phi) is 3.82. The summed E-state index contributed by atoms with van der Waals surface area (Å²) >= 11 is 0. The molecular formula is C6H5NO7. The van der Waals surface area contributed by atoms with Crippen LogP contribution in [0.25, 0.3) is 0 Å². The molecule has 8 nitrogen and oxygen atoms in total. The van der Waals surface area contributed by atoms with Crippen molar-refractivity contribution in [2.75, 3.05) is 0 Å². The Balaban J connectivity index is 4.96. The van der Waals surface area contributed by atoms with Crippen LogP contribution in [0, 0.1) is 10.1 Å². The van der Waals surface area contributed by atoms with E-state index in [0.717, 1.165) is 0 Å². The zero-order valence-electron chi connectivity index (χ0n) is 6.58. The summed E-state index contributed by atoms with van der Waals surface area (Å²) in [5.74, 6) is -4.73.